The van der Waals surface area contributed by atoms with E-state index in [0.29, 0.717) is 21.7 Å². The van der Waals surface area contributed by atoms with E-state index in [1.807, 2.05) is 26.8 Å². The molecule has 2 aromatic carbocycles. The molecule has 1 aliphatic rings. The number of nitro benzene ring substituents is 1. The smallest absolute Gasteiger partial charge is 0.297 e. The summed E-state index contributed by atoms with van der Waals surface area (Å²) in [6.07, 6.45) is 0.740. The maximum absolute atomic E-state index is 13.7. The molecule has 1 aliphatic heterocycles. The van der Waals surface area contributed by atoms with Gasteiger partial charge in [-0.25, -0.2) is 4.98 Å². The van der Waals surface area contributed by atoms with Gasteiger partial charge < -0.3 is 4.42 Å². The summed E-state index contributed by atoms with van der Waals surface area (Å²) in [5, 5.41) is 12.2. The number of hydrogen-bond donors (Lipinski definition) is 0. The van der Waals surface area contributed by atoms with E-state index >= 15 is 0 Å². The van der Waals surface area contributed by atoms with Crippen molar-refractivity contribution in [3.8, 4) is 0 Å². The standard InChI is InChI=1S/C24H19N3O5S/c1-4-14-8-9-18-17(10-14)21(28)19-20(15-6-5-7-16(11-15)27(30)31)26(23(29)22(19)32-18)24-25-12(2)13(3)33-24/h5-11,20H,4H2,1-3H3. The molecule has 166 valence electrons. The Morgan fingerprint density at radius 1 is 1.18 bits per heavy atom. The molecule has 5 rings (SSSR count). The third kappa shape index (κ3) is 3.23. The summed E-state index contributed by atoms with van der Waals surface area (Å²) >= 11 is 1.33. The number of aromatic nitrogens is 1. The molecule has 0 aliphatic carbocycles. The summed E-state index contributed by atoms with van der Waals surface area (Å²) in [7, 11) is 0. The van der Waals surface area contributed by atoms with Gasteiger partial charge in [0.25, 0.3) is 11.6 Å². The summed E-state index contributed by atoms with van der Waals surface area (Å²) in [5.41, 5.74) is 2.24. The van der Waals surface area contributed by atoms with Crippen LogP contribution in [0.1, 0.15) is 50.8 Å². The summed E-state index contributed by atoms with van der Waals surface area (Å²) in [5.74, 6) is -0.549. The van der Waals surface area contributed by atoms with Crippen molar-refractivity contribution >= 4 is 39.0 Å². The van der Waals surface area contributed by atoms with Crippen molar-refractivity contribution in [2.75, 3.05) is 4.90 Å². The molecule has 1 amide bonds. The Hall–Kier alpha value is -3.85. The minimum Gasteiger partial charge on any atom is -0.450 e. The molecule has 1 unspecified atom stereocenters. The summed E-state index contributed by atoms with van der Waals surface area (Å²) in [6.45, 7) is 5.73. The van der Waals surface area contributed by atoms with Crippen LogP contribution in [0.2, 0.25) is 0 Å². The topological polar surface area (TPSA) is 107 Å². The highest BCUT2D eigenvalue weighted by Gasteiger charge is 2.45. The van der Waals surface area contributed by atoms with Crippen LogP contribution < -0.4 is 10.3 Å². The highest BCUT2D eigenvalue weighted by molar-refractivity contribution is 7.15. The van der Waals surface area contributed by atoms with Crippen LogP contribution >= 0.6 is 11.3 Å². The van der Waals surface area contributed by atoms with Gasteiger partial charge in [0, 0.05) is 17.0 Å². The van der Waals surface area contributed by atoms with E-state index in [-0.39, 0.29) is 22.4 Å². The zero-order chi connectivity index (χ0) is 23.4. The molecule has 9 heteroatoms. The second kappa shape index (κ2) is 7.63. The van der Waals surface area contributed by atoms with Gasteiger partial charge in [-0.2, -0.15) is 0 Å². The molecule has 1 atom stereocenters. The lowest BCUT2D eigenvalue weighted by Gasteiger charge is -2.22. The average molecular weight is 461 g/mol. The predicted molar refractivity (Wildman–Crippen MR) is 125 cm³/mol. The normalized spacial score (nSPS) is 15.3. The van der Waals surface area contributed by atoms with Crippen molar-refractivity contribution in [1.29, 1.82) is 0 Å². The first-order valence-corrected chi connectivity index (χ1v) is 11.2. The lowest BCUT2D eigenvalue weighted by molar-refractivity contribution is -0.384. The number of carbonyl (C=O) groups is 1. The number of carbonyl (C=O) groups excluding carboxylic acids is 1. The second-order valence-corrected chi connectivity index (χ2v) is 9.11. The van der Waals surface area contributed by atoms with Gasteiger partial charge >= 0.3 is 0 Å². The number of anilines is 1. The van der Waals surface area contributed by atoms with E-state index in [4.69, 9.17) is 4.42 Å². The molecule has 3 heterocycles. The number of hydrogen-bond acceptors (Lipinski definition) is 7. The minimum absolute atomic E-state index is 0.0567. The van der Waals surface area contributed by atoms with Crippen molar-refractivity contribution in [2.45, 2.75) is 33.2 Å². The monoisotopic (exact) mass is 461 g/mol. The first kappa shape index (κ1) is 21.0. The maximum Gasteiger partial charge on any atom is 0.297 e. The van der Waals surface area contributed by atoms with Crippen molar-refractivity contribution in [2.24, 2.45) is 0 Å². The van der Waals surface area contributed by atoms with E-state index in [0.717, 1.165) is 22.6 Å². The number of rotatable bonds is 4. The molecule has 4 aromatic rings. The molecule has 0 saturated carbocycles. The lowest BCUT2D eigenvalue weighted by atomic mass is 9.97. The first-order chi connectivity index (χ1) is 15.8. The van der Waals surface area contributed by atoms with Gasteiger partial charge in [0.05, 0.1) is 27.6 Å². The van der Waals surface area contributed by atoms with Crippen LogP contribution in [0.3, 0.4) is 0 Å². The van der Waals surface area contributed by atoms with E-state index in [1.54, 1.807) is 24.3 Å². The number of benzene rings is 2. The fourth-order valence-electron chi connectivity index (χ4n) is 4.12. The molecule has 0 radical (unpaired) electrons. The highest BCUT2D eigenvalue weighted by Crippen LogP contribution is 2.43. The first-order valence-electron chi connectivity index (χ1n) is 10.4. The molecule has 0 spiro atoms. The Balaban J connectivity index is 1.82. The number of fused-ring (bicyclic) bond motifs is 2. The van der Waals surface area contributed by atoms with Crippen molar-refractivity contribution < 1.29 is 14.1 Å². The molecular formula is C24H19N3O5S. The van der Waals surface area contributed by atoms with E-state index < -0.39 is 16.9 Å². The minimum atomic E-state index is -0.886. The van der Waals surface area contributed by atoms with Crippen molar-refractivity contribution in [3.63, 3.8) is 0 Å². The van der Waals surface area contributed by atoms with Gasteiger partial charge in [-0.1, -0.05) is 25.1 Å². The molecule has 33 heavy (non-hydrogen) atoms. The van der Waals surface area contributed by atoms with Gasteiger partial charge in [0.2, 0.25) is 5.76 Å². The molecule has 0 fully saturated rings. The zero-order valence-electron chi connectivity index (χ0n) is 18.1. The predicted octanol–water partition coefficient (Wildman–Crippen LogP) is 5.09. The third-order valence-electron chi connectivity index (χ3n) is 5.96. The highest BCUT2D eigenvalue weighted by atomic mass is 32.1. The van der Waals surface area contributed by atoms with Crippen LogP contribution in [0.25, 0.3) is 11.0 Å². The Labute approximate surface area is 192 Å². The molecule has 2 aromatic heterocycles. The Kier molecular flexibility index (Phi) is 4.86. The molecule has 0 bridgehead atoms. The SMILES string of the molecule is CCc1ccc2oc3c(c(=O)c2c1)C(c1cccc([N+](=O)[O-])c1)N(c1nc(C)c(C)s1)C3=O. The zero-order valence-corrected chi connectivity index (χ0v) is 18.9. The van der Waals surface area contributed by atoms with Crippen LogP contribution in [-0.2, 0) is 6.42 Å². The molecule has 0 saturated heterocycles. The van der Waals surface area contributed by atoms with Crippen molar-refractivity contribution in [1.82, 2.24) is 4.98 Å². The Morgan fingerprint density at radius 2 is 1.97 bits per heavy atom. The van der Waals surface area contributed by atoms with Crippen LogP contribution in [0.4, 0.5) is 10.8 Å². The summed E-state index contributed by atoms with van der Waals surface area (Å²) in [4.78, 5) is 45.1. The van der Waals surface area contributed by atoms with Gasteiger partial charge in [-0.15, -0.1) is 11.3 Å². The van der Waals surface area contributed by atoms with Crippen LogP contribution in [0.5, 0.6) is 0 Å². The fourth-order valence-corrected chi connectivity index (χ4v) is 5.06. The van der Waals surface area contributed by atoms with Crippen LogP contribution in [-0.4, -0.2) is 15.8 Å². The number of aryl methyl sites for hydroxylation is 3. The fraction of sp³-hybridized carbons (Fsp3) is 0.208. The van der Waals surface area contributed by atoms with Gasteiger partial charge in [0.15, 0.2) is 10.6 Å². The lowest BCUT2D eigenvalue weighted by Crippen LogP contribution is -2.29. The largest absolute Gasteiger partial charge is 0.450 e. The summed E-state index contributed by atoms with van der Waals surface area (Å²) in [6, 6.07) is 10.4. The van der Waals surface area contributed by atoms with E-state index in [9.17, 15) is 19.7 Å². The van der Waals surface area contributed by atoms with Gasteiger partial charge in [0.1, 0.15) is 5.58 Å². The molecule has 0 N–H and O–H groups in total. The van der Waals surface area contributed by atoms with Crippen molar-refractivity contribution in [3.05, 3.63) is 95.8 Å². The third-order valence-corrected chi connectivity index (χ3v) is 7.04. The number of non-ortho nitro benzene ring substituents is 1. The Bertz CT molecular complexity index is 1500. The molecule has 8 nitrogen and oxygen atoms in total. The summed E-state index contributed by atoms with van der Waals surface area (Å²) < 4.78 is 5.97. The van der Waals surface area contributed by atoms with Crippen LogP contribution in [0, 0.1) is 24.0 Å². The van der Waals surface area contributed by atoms with Gasteiger partial charge in [-0.05, 0) is 43.5 Å². The number of nitrogens with zero attached hydrogens (tertiary/aromatic N) is 3. The number of thiazole rings is 1. The number of nitro groups is 1. The van der Waals surface area contributed by atoms with Crippen LogP contribution in [0.15, 0.2) is 51.7 Å². The maximum atomic E-state index is 13.7. The average Bonchev–Trinajstić information content (AvgIpc) is 3.29. The molecular weight excluding hydrogens is 442 g/mol. The quantitative estimate of drug-likeness (QED) is 0.310. The van der Waals surface area contributed by atoms with E-state index in [2.05, 4.69) is 4.98 Å². The van der Waals surface area contributed by atoms with E-state index in [1.165, 1.54) is 28.4 Å². The van der Waals surface area contributed by atoms with Gasteiger partial charge in [-0.3, -0.25) is 24.6 Å². The number of amides is 1. The second-order valence-electron chi connectivity index (χ2n) is 7.93. The Morgan fingerprint density at radius 3 is 2.64 bits per heavy atom.